The Morgan fingerprint density at radius 3 is 2.11 bits per heavy atom. The van der Waals surface area contributed by atoms with Crippen LogP contribution in [0.4, 0.5) is 4.79 Å². The molecule has 6 nitrogen and oxygen atoms in total. The summed E-state index contributed by atoms with van der Waals surface area (Å²) in [4.78, 5) is 24.6. The van der Waals surface area contributed by atoms with Gasteiger partial charge in [0.2, 0.25) is 0 Å². The maximum absolute atomic E-state index is 12.6. The van der Waals surface area contributed by atoms with Gasteiger partial charge in [0.15, 0.2) is 0 Å². The molecule has 0 fully saturated rings. The Bertz CT molecular complexity index is 1430. The van der Waals surface area contributed by atoms with Crippen molar-refractivity contribution in [2.75, 3.05) is 6.61 Å². The zero-order chi connectivity index (χ0) is 26.6. The summed E-state index contributed by atoms with van der Waals surface area (Å²) >= 11 is 0. The lowest BCUT2D eigenvalue weighted by Crippen LogP contribution is -2.42. The van der Waals surface area contributed by atoms with Crippen molar-refractivity contribution in [1.29, 1.82) is 0 Å². The molecule has 3 N–H and O–H groups in total. The molecule has 0 radical (unpaired) electrons. The highest BCUT2D eigenvalue weighted by Crippen LogP contribution is 2.44. The van der Waals surface area contributed by atoms with Gasteiger partial charge in [0.05, 0.1) is 0 Å². The number of amides is 1. The molecule has 4 aromatic carbocycles. The molecule has 1 amide bonds. The van der Waals surface area contributed by atoms with Crippen LogP contribution >= 0.6 is 0 Å². The molecule has 0 unspecified atom stereocenters. The van der Waals surface area contributed by atoms with Crippen LogP contribution in [-0.2, 0) is 22.4 Å². The number of ether oxygens (including phenoxy) is 1. The lowest BCUT2D eigenvalue weighted by molar-refractivity contribution is -0.139. The number of aliphatic carboxylic acids is 1. The first-order chi connectivity index (χ1) is 18.4. The summed E-state index contributed by atoms with van der Waals surface area (Å²) in [5, 5.41) is 22.0. The van der Waals surface area contributed by atoms with Crippen LogP contribution in [0.5, 0.6) is 5.75 Å². The van der Waals surface area contributed by atoms with Gasteiger partial charge in [-0.2, -0.15) is 0 Å². The summed E-state index contributed by atoms with van der Waals surface area (Å²) < 4.78 is 5.54. The van der Waals surface area contributed by atoms with E-state index >= 15 is 0 Å². The van der Waals surface area contributed by atoms with Crippen LogP contribution in [0.2, 0.25) is 0 Å². The molecule has 0 saturated carbocycles. The number of hydrogen-bond donors (Lipinski definition) is 3. The molecule has 0 aliphatic heterocycles. The van der Waals surface area contributed by atoms with E-state index < -0.39 is 18.1 Å². The highest BCUT2D eigenvalue weighted by Gasteiger charge is 2.29. The molecular weight excluding hydrogens is 478 g/mol. The van der Waals surface area contributed by atoms with E-state index in [1.165, 1.54) is 0 Å². The van der Waals surface area contributed by atoms with Crippen LogP contribution in [0.3, 0.4) is 0 Å². The average molecular weight is 508 g/mol. The Morgan fingerprint density at radius 2 is 1.50 bits per heavy atom. The van der Waals surface area contributed by atoms with Crippen molar-refractivity contribution in [2.24, 2.45) is 0 Å². The number of carbonyl (C=O) groups is 2. The predicted octanol–water partition coefficient (Wildman–Crippen LogP) is 6.16. The van der Waals surface area contributed by atoms with Gasteiger partial charge in [0.1, 0.15) is 18.4 Å². The minimum absolute atomic E-state index is 0.100. The fourth-order valence-corrected chi connectivity index (χ4v) is 5.19. The van der Waals surface area contributed by atoms with Crippen LogP contribution in [0.1, 0.15) is 35.1 Å². The number of aromatic hydroxyl groups is 1. The van der Waals surface area contributed by atoms with Gasteiger partial charge < -0.3 is 20.3 Å². The maximum Gasteiger partial charge on any atom is 0.407 e. The molecule has 1 atom stereocenters. The molecule has 5 rings (SSSR count). The monoisotopic (exact) mass is 507 g/mol. The van der Waals surface area contributed by atoms with Gasteiger partial charge in [-0.3, -0.25) is 0 Å². The van der Waals surface area contributed by atoms with Gasteiger partial charge >= 0.3 is 12.1 Å². The van der Waals surface area contributed by atoms with Crippen molar-refractivity contribution in [3.8, 4) is 28.0 Å². The van der Waals surface area contributed by atoms with E-state index in [4.69, 9.17) is 4.74 Å². The molecule has 1 aliphatic rings. The smallest absolute Gasteiger partial charge is 0.407 e. The lowest BCUT2D eigenvalue weighted by Gasteiger charge is -2.18. The van der Waals surface area contributed by atoms with E-state index in [-0.39, 0.29) is 24.7 Å². The highest BCUT2D eigenvalue weighted by molar-refractivity contribution is 5.81. The predicted molar refractivity (Wildman–Crippen MR) is 146 cm³/mol. The highest BCUT2D eigenvalue weighted by atomic mass is 16.5. The van der Waals surface area contributed by atoms with Crippen molar-refractivity contribution in [3.05, 3.63) is 113 Å². The van der Waals surface area contributed by atoms with E-state index in [0.29, 0.717) is 0 Å². The quantitative estimate of drug-likeness (QED) is 0.266. The van der Waals surface area contributed by atoms with E-state index in [0.717, 1.165) is 50.9 Å². The van der Waals surface area contributed by atoms with Crippen LogP contribution in [0.15, 0.2) is 91.0 Å². The van der Waals surface area contributed by atoms with Crippen LogP contribution < -0.4 is 5.32 Å². The van der Waals surface area contributed by atoms with Gasteiger partial charge in [0.25, 0.3) is 0 Å². The van der Waals surface area contributed by atoms with Gasteiger partial charge in [-0.05, 0) is 63.1 Å². The van der Waals surface area contributed by atoms with E-state index in [2.05, 4.69) is 17.4 Å². The minimum atomic E-state index is -1.13. The molecule has 1 aliphatic carbocycles. The standard InChI is InChI=1S/C32H29NO5/c1-2-21-18-23(34)15-16-24(21)22-13-11-20(12-14-22)17-30(31(35)36)33-32(37)38-19-29-27-9-5-3-7-25(27)26-8-4-6-10-28(26)29/h3-16,18,29-30,34H,2,17,19H2,1H3,(H,33,37)(H,35,36)/t30-/m1/s1. The first kappa shape index (κ1) is 25.1. The number of carbonyl (C=O) groups excluding carboxylic acids is 1. The summed E-state index contributed by atoms with van der Waals surface area (Å²) in [6.07, 6.45) is 0.139. The third kappa shape index (κ3) is 5.11. The SMILES string of the molecule is CCc1cc(O)ccc1-c1ccc(C[C@@H](NC(=O)OCC2c3ccccc3-c3ccccc32)C(=O)O)cc1. The van der Waals surface area contributed by atoms with E-state index in [1.807, 2.05) is 73.7 Å². The third-order valence-electron chi connectivity index (χ3n) is 7.11. The molecular formula is C32H29NO5. The van der Waals surface area contributed by atoms with Gasteiger partial charge in [0, 0.05) is 12.3 Å². The first-order valence-corrected chi connectivity index (χ1v) is 12.7. The van der Waals surface area contributed by atoms with Gasteiger partial charge in [-0.1, -0.05) is 85.8 Å². The fourth-order valence-electron chi connectivity index (χ4n) is 5.19. The Kier molecular flexibility index (Phi) is 7.13. The number of carboxylic acid groups (broad SMARTS) is 1. The van der Waals surface area contributed by atoms with Crippen LogP contribution in [0, 0.1) is 0 Å². The second-order valence-corrected chi connectivity index (χ2v) is 9.46. The first-order valence-electron chi connectivity index (χ1n) is 12.7. The topological polar surface area (TPSA) is 95.9 Å². The fraction of sp³-hybridized carbons (Fsp3) is 0.188. The summed E-state index contributed by atoms with van der Waals surface area (Å²) in [7, 11) is 0. The lowest BCUT2D eigenvalue weighted by atomic mass is 9.96. The average Bonchev–Trinajstić information content (AvgIpc) is 3.25. The summed E-state index contributed by atoms with van der Waals surface area (Å²) in [6, 6.07) is 27.8. The molecule has 0 heterocycles. The van der Waals surface area contributed by atoms with Crippen molar-refractivity contribution >= 4 is 12.1 Å². The van der Waals surface area contributed by atoms with Crippen molar-refractivity contribution in [1.82, 2.24) is 5.32 Å². The maximum atomic E-state index is 12.6. The number of alkyl carbamates (subject to hydrolysis) is 1. The molecule has 0 aromatic heterocycles. The number of fused-ring (bicyclic) bond motifs is 3. The number of hydrogen-bond acceptors (Lipinski definition) is 4. The van der Waals surface area contributed by atoms with E-state index in [9.17, 15) is 19.8 Å². The largest absolute Gasteiger partial charge is 0.508 e. The molecule has 6 heteroatoms. The number of phenols is 1. The van der Waals surface area contributed by atoms with Crippen molar-refractivity contribution in [2.45, 2.75) is 31.7 Å². The zero-order valence-corrected chi connectivity index (χ0v) is 21.1. The number of carboxylic acids is 1. The molecule has 4 aromatic rings. The summed E-state index contributed by atoms with van der Waals surface area (Å²) in [5.74, 6) is -1.00. The third-order valence-corrected chi connectivity index (χ3v) is 7.11. The number of rotatable bonds is 8. The normalized spacial score (nSPS) is 12.9. The van der Waals surface area contributed by atoms with Crippen LogP contribution in [-0.4, -0.2) is 34.9 Å². The van der Waals surface area contributed by atoms with Gasteiger partial charge in [-0.25, -0.2) is 9.59 Å². The molecule has 192 valence electrons. The van der Waals surface area contributed by atoms with Gasteiger partial charge in [-0.15, -0.1) is 0 Å². The van der Waals surface area contributed by atoms with E-state index in [1.54, 1.807) is 12.1 Å². The summed E-state index contributed by atoms with van der Waals surface area (Å²) in [5.41, 5.74) is 8.23. The minimum Gasteiger partial charge on any atom is -0.508 e. The second kappa shape index (κ2) is 10.8. The van der Waals surface area contributed by atoms with Crippen LogP contribution in [0.25, 0.3) is 22.3 Å². The number of nitrogens with one attached hydrogen (secondary N) is 1. The molecule has 0 saturated heterocycles. The number of phenolic OH excluding ortho intramolecular Hbond substituents is 1. The number of benzene rings is 4. The molecule has 38 heavy (non-hydrogen) atoms. The van der Waals surface area contributed by atoms with Crippen molar-refractivity contribution in [3.63, 3.8) is 0 Å². The summed E-state index contributed by atoms with van der Waals surface area (Å²) in [6.45, 7) is 2.15. The molecule has 0 spiro atoms. The second-order valence-electron chi connectivity index (χ2n) is 9.46. The Morgan fingerprint density at radius 1 is 0.868 bits per heavy atom. The Hall–Kier alpha value is -4.58. The Labute approximate surface area is 221 Å². The zero-order valence-electron chi connectivity index (χ0n) is 21.1. The number of aryl methyl sites for hydroxylation is 1. The van der Waals surface area contributed by atoms with Crippen molar-refractivity contribution < 1.29 is 24.5 Å². The Balaban J connectivity index is 1.24. The molecule has 0 bridgehead atoms.